The molecule has 0 saturated heterocycles. The molecule has 0 spiro atoms. The molecule has 14 heavy (non-hydrogen) atoms. The number of hydrogen-bond acceptors (Lipinski definition) is 2. The molecule has 0 amide bonds. The summed E-state index contributed by atoms with van der Waals surface area (Å²) < 4.78 is 17.2. The van der Waals surface area contributed by atoms with E-state index < -0.39 is 12.6 Å². The number of ether oxygens (including phenoxy) is 1. The zero-order valence-corrected chi connectivity index (χ0v) is 8.00. The van der Waals surface area contributed by atoms with Gasteiger partial charge in [0.25, 0.3) is 0 Å². The van der Waals surface area contributed by atoms with Crippen molar-refractivity contribution in [1.82, 2.24) is 0 Å². The molecule has 75 valence electrons. The molecule has 1 aromatic rings. The lowest BCUT2D eigenvalue weighted by Gasteiger charge is -2.08. The summed E-state index contributed by atoms with van der Waals surface area (Å²) >= 11 is 0. The second-order valence-corrected chi connectivity index (χ2v) is 3.02. The van der Waals surface area contributed by atoms with E-state index in [0.29, 0.717) is 5.75 Å². The number of alkyl halides is 1. The van der Waals surface area contributed by atoms with Crippen LogP contribution in [0.5, 0.6) is 5.75 Å². The van der Waals surface area contributed by atoms with Crippen LogP contribution in [0.15, 0.2) is 24.3 Å². The Bertz CT molecular complexity index is 323. The fourth-order valence-corrected chi connectivity index (χ4v) is 1.09. The summed E-state index contributed by atoms with van der Waals surface area (Å²) in [4.78, 5) is 10.7. The zero-order chi connectivity index (χ0) is 10.6. The van der Waals surface area contributed by atoms with E-state index in [0.717, 1.165) is 5.56 Å². The van der Waals surface area contributed by atoms with Gasteiger partial charge >= 0.3 is 5.97 Å². The maximum atomic E-state index is 12.3. The van der Waals surface area contributed by atoms with Gasteiger partial charge in [-0.1, -0.05) is 12.1 Å². The molecule has 0 aromatic heterocycles. The van der Waals surface area contributed by atoms with Gasteiger partial charge in [0.2, 0.25) is 0 Å². The minimum absolute atomic E-state index is 0.386. The molecule has 2 nitrogen and oxygen atoms in total. The van der Waals surface area contributed by atoms with Crippen LogP contribution in [0.2, 0.25) is 0 Å². The molecule has 1 radical (unpaired) electrons. The first-order valence-corrected chi connectivity index (χ1v) is 4.31. The number of carbonyl (C=O) groups is 1. The van der Waals surface area contributed by atoms with Gasteiger partial charge in [0, 0.05) is 12.8 Å². The van der Waals surface area contributed by atoms with Crippen molar-refractivity contribution in [2.45, 2.75) is 12.8 Å². The fourth-order valence-electron chi connectivity index (χ4n) is 1.09. The molecule has 0 bridgehead atoms. The van der Waals surface area contributed by atoms with E-state index in [2.05, 4.69) is 6.92 Å². The molecule has 1 atom stereocenters. The molecular formula is C11H12FO2. The second kappa shape index (κ2) is 4.74. The lowest BCUT2D eigenvalue weighted by molar-refractivity contribution is -0.131. The van der Waals surface area contributed by atoms with Crippen LogP contribution in [0.3, 0.4) is 0 Å². The van der Waals surface area contributed by atoms with E-state index in [1.54, 1.807) is 24.3 Å². The zero-order valence-electron chi connectivity index (χ0n) is 8.00. The van der Waals surface area contributed by atoms with Crippen molar-refractivity contribution in [2.75, 3.05) is 6.67 Å². The van der Waals surface area contributed by atoms with E-state index >= 15 is 0 Å². The highest BCUT2D eigenvalue weighted by Crippen LogP contribution is 2.20. The topological polar surface area (TPSA) is 26.3 Å². The second-order valence-electron chi connectivity index (χ2n) is 3.02. The molecule has 1 rings (SSSR count). The van der Waals surface area contributed by atoms with Crippen LogP contribution >= 0.6 is 0 Å². The Labute approximate surface area is 82.7 Å². The minimum Gasteiger partial charge on any atom is -0.427 e. The van der Waals surface area contributed by atoms with E-state index in [9.17, 15) is 9.18 Å². The maximum absolute atomic E-state index is 12.3. The summed E-state index contributed by atoms with van der Waals surface area (Å²) in [6.45, 7) is 4.43. The molecule has 1 unspecified atom stereocenters. The van der Waals surface area contributed by atoms with Gasteiger partial charge in [0.05, 0.1) is 6.67 Å². The first-order valence-electron chi connectivity index (χ1n) is 4.31. The third-order valence-corrected chi connectivity index (χ3v) is 1.78. The average Bonchev–Trinajstić information content (AvgIpc) is 2.16. The van der Waals surface area contributed by atoms with Crippen LogP contribution < -0.4 is 4.74 Å². The number of rotatable bonds is 3. The van der Waals surface area contributed by atoms with Crippen LogP contribution in [-0.2, 0) is 4.79 Å². The Morgan fingerprint density at radius 1 is 1.64 bits per heavy atom. The van der Waals surface area contributed by atoms with E-state index in [4.69, 9.17) is 4.74 Å². The van der Waals surface area contributed by atoms with Crippen LogP contribution in [0.25, 0.3) is 0 Å². The van der Waals surface area contributed by atoms with Crippen molar-refractivity contribution in [3.8, 4) is 5.75 Å². The third kappa shape index (κ3) is 2.83. The number of hydrogen-bond donors (Lipinski definition) is 0. The lowest BCUT2D eigenvalue weighted by atomic mass is 10.0. The molecular weight excluding hydrogens is 183 g/mol. The summed E-state index contributed by atoms with van der Waals surface area (Å²) in [6.07, 6.45) is 0. The highest BCUT2D eigenvalue weighted by atomic mass is 19.1. The highest BCUT2D eigenvalue weighted by molar-refractivity contribution is 5.69. The van der Waals surface area contributed by atoms with Crippen LogP contribution in [0, 0.1) is 6.92 Å². The first kappa shape index (κ1) is 10.7. The molecule has 0 heterocycles. The summed E-state index contributed by atoms with van der Waals surface area (Å²) in [6, 6.07) is 6.74. The van der Waals surface area contributed by atoms with Crippen molar-refractivity contribution < 1.29 is 13.9 Å². The number of benzene rings is 1. The largest absolute Gasteiger partial charge is 0.427 e. The average molecular weight is 195 g/mol. The van der Waals surface area contributed by atoms with Gasteiger partial charge in [0.1, 0.15) is 5.75 Å². The summed E-state index contributed by atoms with van der Waals surface area (Å²) in [5, 5.41) is 0. The van der Waals surface area contributed by atoms with Crippen molar-refractivity contribution >= 4 is 5.97 Å². The molecule has 0 saturated carbocycles. The predicted octanol–water partition coefficient (Wildman–Crippen LogP) is 2.50. The normalized spacial score (nSPS) is 12.2. The Morgan fingerprint density at radius 2 is 2.36 bits per heavy atom. The summed E-state index contributed by atoms with van der Waals surface area (Å²) in [5.41, 5.74) is 0.728. The summed E-state index contributed by atoms with van der Waals surface area (Å²) in [5.74, 6) is -0.370. The van der Waals surface area contributed by atoms with Crippen molar-refractivity contribution in [2.24, 2.45) is 0 Å². The van der Waals surface area contributed by atoms with Gasteiger partial charge in [0.15, 0.2) is 0 Å². The van der Waals surface area contributed by atoms with Gasteiger partial charge in [-0.15, -0.1) is 0 Å². The lowest BCUT2D eigenvalue weighted by Crippen LogP contribution is -2.02. The monoisotopic (exact) mass is 195 g/mol. The van der Waals surface area contributed by atoms with Gasteiger partial charge in [-0.05, 0) is 24.6 Å². The molecule has 0 aliphatic rings. The molecule has 1 aromatic carbocycles. The Balaban J connectivity index is 2.83. The van der Waals surface area contributed by atoms with Gasteiger partial charge < -0.3 is 4.74 Å². The number of carbonyl (C=O) groups excluding carboxylic acids is 1. The van der Waals surface area contributed by atoms with Crippen molar-refractivity contribution in [3.63, 3.8) is 0 Å². The van der Waals surface area contributed by atoms with Gasteiger partial charge in [-0.25, -0.2) is 0 Å². The quantitative estimate of drug-likeness (QED) is 0.547. The first-order chi connectivity index (χ1) is 6.63. The Kier molecular flexibility index (Phi) is 3.63. The predicted molar refractivity (Wildman–Crippen MR) is 51.8 cm³/mol. The molecule has 0 fully saturated rings. The van der Waals surface area contributed by atoms with E-state index in [1.807, 2.05) is 0 Å². The Morgan fingerprint density at radius 3 is 2.93 bits per heavy atom. The SMILES string of the molecule is [CH2]C(CF)c1cccc(OC(C)=O)c1. The minimum atomic E-state index is -0.524. The van der Waals surface area contributed by atoms with Crippen LogP contribution in [0.4, 0.5) is 4.39 Å². The van der Waals surface area contributed by atoms with Gasteiger partial charge in [-0.2, -0.15) is 0 Å². The smallest absolute Gasteiger partial charge is 0.308 e. The van der Waals surface area contributed by atoms with Crippen LogP contribution in [0.1, 0.15) is 18.4 Å². The molecule has 3 heteroatoms. The van der Waals surface area contributed by atoms with E-state index in [-0.39, 0.29) is 5.97 Å². The summed E-state index contributed by atoms with van der Waals surface area (Å²) in [7, 11) is 0. The van der Waals surface area contributed by atoms with E-state index in [1.165, 1.54) is 6.92 Å². The van der Waals surface area contributed by atoms with Crippen molar-refractivity contribution in [3.05, 3.63) is 36.8 Å². The third-order valence-electron chi connectivity index (χ3n) is 1.78. The molecule has 0 aliphatic heterocycles. The van der Waals surface area contributed by atoms with Crippen molar-refractivity contribution in [1.29, 1.82) is 0 Å². The fraction of sp³-hybridized carbons (Fsp3) is 0.273. The standard InChI is InChI=1S/C11H12FO2/c1-8(7-12)10-4-3-5-11(6-10)14-9(2)13/h3-6,8H,1,7H2,2H3. The number of esters is 1. The Hall–Kier alpha value is -1.38. The van der Waals surface area contributed by atoms with Gasteiger partial charge in [-0.3, -0.25) is 9.18 Å². The maximum Gasteiger partial charge on any atom is 0.308 e. The molecule has 0 N–H and O–H groups in total. The highest BCUT2D eigenvalue weighted by Gasteiger charge is 2.06. The van der Waals surface area contributed by atoms with Crippen LogP contribution in [-0.4, -0.2) is 12.6 Å². The molecule has 0 aliphatic carbocycles. The number of halogens is 1.